The Labute approximate surface area is 147 Å². The summed E-state index contributed by atoms with van der Waals surface area (Å²) < 4.78 is 0. The minimum absolute atomic E-state index is 0. The van der Waals surface area contributed by atoms with Gasteiger partial charge in [0.25, 0.3) is 0 Å². The molecule has 1 aromatic rings. The van der Waals surface area contributed by atoms with Crippen LogP contribution in [0.25, 0.3) is 0 Å². The van der Waals surface area contributed by atoms with Gasteiger partial charge in [0.1, 0.15) is 0 Å². The van der Waals surface area contributed by atoms with Crippen LogP contribution < -0.4 is 10.6 Å². The van der Waals surface area contributed by atoms with Gasteiger partial charge in [0.05, 0.1) is 11.6 Å². The molecule has 2 unspecified atom stereocenters. The monoisotopic (exact) mass is 360 g/mol. The van der Waals surface area contributed by atoms with Crippen LogP contribution in [0.4, 0.5) is 0 Å². The van der Waals surface area contributed by atoms with Gasteiger partial charge in [-0.25, -0.2) is 0 Å². The van der Waals surface area contributed by atoms with Crippen LogP contribution in [-0.4, -0.2) is 23.7 Å². The quantitative estimate of drug-likeness (QED) is 0.857. The van der Waals surface area contributed by atoms with Gasteiger partial charge in [-0.15, -0.1) is 24.2 Å². The number of hydrogen-bond donors (Lipinski definition) is 2. The van der Waals surface area contributed by atoms with E-state index in [1.54, 1.807) is 0 Å². The summed E-state index contributed by atoms with van der Waals surface area (Å²) in [6, 6.07) is 6.06. The second kappa shape index (κ2) is 7.43. The van der Waals surface area contributed by atoms with Crippen molar-refractivity contribution in [1.82, 2.24) is 10.6 Å². The molecule has 3 nitrogen and oxygen atoms in total. The average Bonchev–Trinajstić information content (AvgIpc) is 2.98. The van der Waals surface area contributed by atoms with Gasteiger partial charge in [-0.3, -0.25) is 4.79 Å². The molecule has 1 amide bonds. The van der Waals surface area contributed by atoms with Crippen molar-refractivity contribution in [2.75, 3.05) is 12.3 Å². The predicted molar refractivity (Wildman–Crippen MR) is 95.2 cm³/mol. The molecule has 2 atom stereocenters. The van der Waals surface area contributed by atoms with E-state index in [9.17, 15) is 4.79 Å². The fourth-order valence-electron chi connectivity index (χ4n) is 3.27. The van der Waals surface area contributed by atoms with E-state index in [1.807, 2.05) is 23.9 Å². The smallest absolute Gasteiger partial charge is 0.240 e. The molecule has 0 spiro atoms. The summed E-state index contributed by atoms with van der Waals surface area (Å²) in [4.78, 5) is 14.0. The molecule has 0 radical (unpaired) electrons. The Morgan fingerprint density at radius 1 is 1.55 bits per heavy atom. The first-order valence-corrected chi connectivity index (χ1v) is 8.99. The number of carbonyl (C=O) groups excluding carboxylic acids is 1. The maximum absolute atomic E-state index is 12.7. The van der Waals surface area contributed by atoms with Crippen molar-refractivity contribution in [3.05, 3.63) is 28.8 Å². The molecule has 2 heterocycles. The molecule has 3 rings (SSSR count). The molecule has 0 saturated carbocycles. The van der Waals surface area contributed by atoms with Crippen molar-refractivity contribution in [3.63, 3.8) is 0 Å². The molecule has 0 aliphatic carbocycles. The van der Waals surface area contributed by atoms with Crippen molar-refractivity contribution >= 4 is 41.7 Å². The number of benzene rings is 1. The van der Waals surface area contributed by atoms with E-state index in [1.165, 1.54) is 4.90 Å². The number of nitrogens with one attached hydrogen (secondary N) is 2. The number of amides is 1. The van der Waals surface area contributed by atoms with E-state index < -0.39 is 0 Å². The second-order valence-electron chi connectivity index (χ2n) is 5.81. The van der Waals surface area contributed by atoms with E-state index in [0.717, 1.165) is 48.6 Å². The lowest BCUT2D eigenvalue weighted by atomic mass is 9.92. The van der Waals surface area contributed by atoms with E-state index in [2.05, 4.69) is 23.6 Å². The van der Waals surface area contributed by atoms with Crippen molar-refractivity contribution < 1.29 is 4.79 Å². The molecule has 2 N–H and O–H groups in total. The molecule has 0 bridgehead atoms. The first-order chi connectivity index (χ1) is 10.1. The van der Waals surface area contributed by atoms with Gasteiger partial charge >= 0.3 is 0 Å². The largest absolute Gasteiger partial charge is 0.348 e. The van der Waals surface area contributed by atoms with Crippen molar-refractivity contribution in [2.45, 2.75) is 49.1 Å². The number of thioether (sulfide) groups is 1. The molecule has 1 fully saturated rings. The van der Waals surface area contributed by atoms with Crippen molar-refractivity contribution in [3.8, 4) is 0 Å². The van der Waals surface area contributed by atoms with Crippen molar-refractivity contribution in [2.24, 2.45) is 0 Å². The maximum atomic E-state index is 12.7. The Morgan fingerprint density at radius 2 is 2.36 bits per heavy atom. The molecule has 1 saturated heterocycles. The molecule has 2 aliphatic rings. The Balaban J connectivity index is 0.00000176. The number of halogens is 2. The van der Waals surface area contributed by atoms with Gasteiger partial charge in [0.15, 0.2) is 0 Å². The van der Waals surface area contributed by atoms with E-state index >= 15 is 0 Å². The Hall–Kier alpha value is -0.420. The lowest BCUT2D eigenvalue weighted by Gasteiger charge is -2.32. The van der Waals surface area contributed by atoms with Gasteiger partial charge in [0, 0.05) is 15.7 Å². The zero-order chi connectivity index (χ0) is 14.9. The number of rotatable bonds is 3. The summed E-state index contributed by atoms with van der Waals surface area (Å²) in [5.41, 5.74) is 0.792. The van der Waals surface area contributed by atoms with Crippen LogP contribution in [-0.2, 0) is 4.79 Å². The van der Waals surface area contributed by atoms with Crippen LogP contribution in [0.5, 0.6) is 0 Å². The van der Waals surface area contributed by atoms with E-state index in [4.69, 9.17) is 11.6 Å². The summed E-state index contributed by atoms with van der Waals surface area (Å²) in [7, 11) is 0. The summed E-state index contributed by atoms with van der Waals surface area (Å²) in [5.74, 6) is 1.18. The first-order valence-electron chi connectivity index (χ1n) is 7.63. The molecule has 0 aromatic heterocycles. The number of hydrogen-bond acceptors (Lipinski definition) is 3. The van der Waals surface area contributed by atoms with Crippen LogP contribution in [0.1, 0.15) is 44.2 Å². The standard InChI is InChI=1S/C16H21ClN2OS.ClH/c1-2-16(7-3-8-18-16)15(20)19-13-6-9-21-14-5-4-11(17)10-12(13)14;/h4-5,10,13,18H,2-3,6-9H2,1H3,(H,19,20);1H. The fraction of sp³-hybridized carbons (Fsp3) is 0.562. The van der Waals surface area contributed by atoms with Gasteiger partial charge < -0.3 is 10.6 Å². The first kappa shape index (κ1) is 17.9. The van der Waals surface area contributed by atoms with Crippen LogP contribution in [0.3, 0.4) is 0 Å². The third-order valence-corrected chi connectivity index (χ3v) is 5.96. The molecule has 22 heavy (non-hydrogen) atoms. The highest BCUT2D eigenvalue weighted by molar-refractivity contribution is 7.99. The lowest BCUT2D eigenvalue weighted by molar-refractivity contribution is -0.128. The van der Waals surface area contributed by atoms with Crippen LogP contribution >= 0.6 is 35.8 Å². The summed E-state index contributed by atoms with van der Waals surface area (Å²) in [6.45, 7) is 3.02. The van der Waals surface area contributed by atoms with Gasteiger partial charge in [-0.2, -0.15) is 0 Å². The van der Waals surface area contributed by atoms with E-state index in [-0.39, 0.29) is 29.9 Å². The molecule has 122 valence electrons. The summed E-state index contributed by atoms with van der Waals surface area (Å²) >= 11 is 7.97. The lowest BCUT2D eigenvalue weighted by Crippen LogP contribution is -2.54. The molecule has 1 aromatic carbocycles. The molecule has 2 aliphatic heterocycles. The molecule has 6 heteroatoms. The fourth-order valence-corrected chi connectivity index (χ4v) is 4.56. The Bertz CT molecular complexity index is 547. The average molecular weight is 361 g/mol. The minimum atomic E-state index is -0.372. The second-order valence-corrected chi connectivity index (χ2v) is 7.38. The molecular formula is C16H22Cl2N2OS. The minimum Gasteiger partial charge on any atom is -0.348 e. The topological polar surface area (TPSA) is 41.1 Å². The summed E-state index contributed by atoms with van der Waals surface area (Å²) in [6.07, 6.45) is 3.80. The van der Waals surface area contributed by atoms with Crippen molar-refractivity contribution in [1.29, 1.82) is 0 Å². The van der Waals surface area contributed by atoms with E-state index in [0.29, 0.717) is 0 Å². The number of carbonyl (C=O) groups is 1. The van der Waals surface area contributed by atoms with Crippen LogP contribution in [0.2, 0.25) is 5.02 Å². The van der Waals surface area contributed by atoms with Crippen LogP contribution in [0.15, 0.2) is 23.1 Å². The SMILES string of the molecule is CCC1(C(=O)NC2CCSc3ccc(Cl)cc32)CCCN1.Cl. The highest BCUT2D eigenvalue weighted by atomic mass is 35.5. The summed E-state index contributed by atoms with van der Waals surface area (Å²) in [5, 5.41) is 7.40. The highest BCUT2D eigenvalue weighted by Crippen LogP contribution is 2.38. The maximum Gasteiger partial charge on any atom is 0.240 e. The predicted octanol–water partition coefficient (Wildman–Crippen LogP) is 3.95. The van der Waals surface area contributed by atoms with Gasteiger partial charge in [0.2, 0.25) is 5.91 Å². The zero-order valence-corrected chi connectivity index (χ0v) is 15.0. The van der Waals surface area contributed by atoms with Crippen LogP contribution in [0, 0.1) is 0 Å². The number of fused-ring (bicyclic) bond motifs is 1. The highest BCUT2D eigenvalue weighted by Gasteiger charge is 2.40. The zero-order valence-electron chi connectivity index (χ0n) is 12.7. The van der Waals surface area contributed by atoms with Gasteiger partial charge in [-0.05, 0) is 56.0 Å². The van der Waals surface area contributed by atoms with Gasteiger partial charge in [-0.1, -0.05) is 18.5 Å². The normalized spacial score (nSPS) is 26.9. The third-order valence-electron chi connectivity index (χ3n) is 4.60. The Kier molecular flexibility index (Phi) is 6.06. The Morgan fingerprint density at radius 3 is 3.05 bits per heavy atom. The molecular weight excluding hydrogens is 339 g/mol. The third kappa shape index (κ3) is 3.40.